The molecule has 0 saturated carbocycles. The average Bonchev–Trinajstić information content (AvgIpc) is 2.93. The summed E-state index contributed by atoms with van der Waals surface area (Å²) in [5, 5.41) is 0. The first-order valence-corrected chi connectivity index (χ1v) is 8.10. The molecule has 0 aliphatic carbocycles. The summed E-state index contributed by atoms with van der Waals surface area (Å²) in [6.45, 7) is 6.38. The molecule has 0 bridgehead atoms. The number of aromatic nitrogens is 2. The van der Waals surface area contributed by atoms with Crippen LogP contribution in [0.15, 0.2) is 42.6 Å². The van der Waals surface area contributed by atoms with Crippen molar-refractivity contribution in [3.63, 3.8) is 0 Å². The molecule has 124 valence electrons. The van der Waals surface area contributed by atoms with Crippen LogP contribution in [-0.4, -0.2) is 21.8 Å². The van der Waals surface area contributed by atoms with E-state index in [1.54, 1.807) is 15.4 Å². The maximum Gasteiger partial charge on any atom is 0.277 e. The summed E-state index contributed by atoms with van der Waals surface area (Å²) in [6.07, 6.45) is 1.93. The van der Waals surface area contributed by atoms with Gasteiger partial charge in [0.05, 0.1) is 5.69 Å². The predicted molar refractivity (Wildman–Crippen MR) is 93.1 cm³/mol. The van der Waals surface area contributed by atoms with Crippen LogP contribution in [0.2, 0.25) is 0 Å². The maximum absolute atomic E-state index is 13.7. The first-order chi connectivity index (χ1) is 11.5. The summed E-state index contributed by atoms with van der Waals surface area (Å²) < 4.78 is 15.2. The van der Waals surface area contributed by atoms with Crippen molar-refractivity contribution in [2.45, 2.75) is 27.2 Å². The van der Waals surface area contributed by atoms with Gasteiger partial charge in [-0.05, 0) is 50.1 Å². The minimum atomic E-state index is -0.393. The third kappa shape index (κ3) is 2.77. The highest BCUT2D eigenvalue weighted by Gasteiger charge is 2.24. The minimum Gasteiger partial charge on any atom is -0.307 e. The molecule has 0 spiro atoms. The number of fused-ring (bicyclic) bond motifs is 1. The topological polar surface area (TPSA) is 37.6 Å². The first kappa shape index (κ1) is 16.2. The van der Waals surface area contributed by atoms with Crippen molar-refractivity contribution >= 4 is 17.2 Å². The number of rotatable bonds is 4. The van der Waals surface area contributed by atoms with Crippen molar-refractivity contribution in [3.05, 3.63) is 65.4 Å². The van der Waals surface area contributed by atoms with Gasteiger partial charge < -0.3 is 4.90 Å². The van der Waals surface area contributed by atoms with Gasteiger partial charge in [-0.25, -0.2) is 9.37 Å². The number of imidazole rings is 1. The second kappa shape index (κ2) is 6.43. The second-order valence-electron chi connectivity index (χ2n) is 5.72. The molecule has 0 saturated heterocycles. The van der Waals surface area contributed by atoms with Gasteiger partial charge in [-0.15, -0.1) is 0 Å². The summed E-state index contributed by atoms with van der Waals surface area (Å²) >= 11 is 0. The summed E-state index contributed by atoms with van der Waals surface area (Å²) in [4.78, 5) is 19.4. The van der Waals surface area contributed by atoms with Gasteiger partial charge in [0.25, 0.3) is 5.91 Å². The lowest BCUT2D eigenvalue weighted by atomic mass is 10.2. The molecule has 0 unspecified atom stereocenters. The van der Waals surface area contributed by atoms with Crippen LogP contribution in [0, 0.1) is 12.7 Å². The molecule has 2 heterocycles. The molecule has 0 radical (unpaired) electrons. The number of hydrogen-bond donors (Lipinski definition) is 0. The van der Waals surface area contributed by atoms with Crippen LogP contribution in [0.4, 0.5) is 10.1 Å². The largest absolute Gasteiger partial charge is 0.307 e. The molecule has 0 aliphatic rings. The fraction of sp³-hybridized carbons (Fsp3) is 0.263. The SMILES string of the molecule is CCc1nc2ccc(F)cn2c1C(=O)N(CC)c1cccc(C)c1. The highest BCUT2D eigenvalue weighted by Crippen LogP contribution is 2.22. The van der Waals surface area contributed by atoms with Gasteiger partial charge in [0, 0.05) is 18.4 Å². The molecule has 3 rings (SSSR count). The number of nitrogens with zero attached hydrogens (tertiary/aromatic N) is 3. The fourth-order valence-electron chi connectivity index (χ4n) is 2.91. The third-order valence-electron chi connectivity index (χ3n) is 4.07. The van der Waals surface area contributed by atoms with Gasteiger partial charge in [0.2, 0.25) is 0 Å². The van der Waals surface area contributed by atoms with Crippen molar-refractivity contribution < 1.29 is 9.18 Å². The minimum absolute atomic E-state index is 0.168. The Labute approximate surface area is 140 Å². The Bertz CT molecular complexity index is 901. The molecule has 3 aromatic rings. The molecule has 0 fully saturated rings. The van der Waals surface area contributed by atoms with E-state index in [-0.39, 0.29) is 5.91 Å². The molecule has 4 nitrogen and oxygen atoms in total. The molecule has 5 heteroatoms. The van der Waals surface area contributed by atoms with Crippen LogP contribution < -0.4 is 4.90 Å². The number of carbonyl (C=O) groups excluding carboxylic acids is 1. The van der Waals surface area contributed by atoms with Crippen molar-refractivity contribution in [1.29, 1.82) is 0 Å². The lowest BCUT2D eigenvalue weighted by molar-refractivity contribution is 0.0981. The lowest BCUT2D eigenvalue weighted by Crippen LogP contribution is -2.32. The van der Waals surface area contributed by atoms with Crippen molar-refractivity contribution in [3.8, 4) is 0 Å². The molecular weight excluding hydrogens is 305 g/mol. The van der Waals surface area contributed by atoms with E-state index >= 15 is 0 Å². The molecule has 1 amide bonds. The number of benzene rings is 1. The van der Waals surface area contributed by atoms with Gasteiger partial charge in [0.1, 0.15) is 17.2 Å². The smallest absolute Gasteiger partial charge is 0.277 e. The first-order valence-electron chi connectivity index (χ1n) is 8.10. The maximum atomic E-state index is 13.7. The number of hydrogen-bond acceptors (Lipinski definition) is 2. The van der Waals surface area contributed by atoms with E-state index in [0.29, 0.717) is 30.0 Å². The van der Waals surface area contributed by atoms with Crippen LogP contribution in [0.1, 0.15) is 35.6 Å². The quantitative estimate of drug-likeness (QED) is 0.727. The average molecular weight is 325 g/mol. The second-order valence-corrected chi connectivity index (χ2v) is 5.72. The Hall–Kier alpha value is -2.69. The van der Waals surface area contributed by atoms with E-state index in [1.807, 2.05) is 45.0 Å². The van der Waals surface area contributed by atoms with Crippen LogP contribution in [0.25, 0.3) is 5.65 Å². The molecule has 0 N–H and O–H groups in total. The zero-order valence-electron chi connectivity index (χ0n) is 14.1. The third-order valence-corrected chi connectivity index (χ3v) is 4.07. The summed E-state index contributed by atoms with van der Waals surface area (Å²) in [7, 11) is 0. The Kier molecular flexibility index (Phi) is 4.34. The van der Waals surface area contributed by atoms with Crippen LogP contribution >= 0.6 is 0 Å². The molecule has 2 aromatic heterocycles. The summed E-state index contributed by atoms with van der Waals surface area (Å²) in [5.74, 6) is -0.562. The number of halogens is 1. The number of anilines is 1. The zero-order chi connectivity index (χ0) is 17.3. The Morgan fingerprint density at radius 2 is 2.04 bits per heavy atom. The monoisotopic (exact) mass is 325 g/mol. The number of amides is 1. The van der Waals surface area contributed by atoms with E-state index in [0.717, 1.165) is 11.3 Å². The highest BCUT2D eigenvalue weighted by molar-refractivity contribution is 6.06. The van der Waals surface area contributed by atoms with Crippen molar-refractivity contribution in [2.75, 3.05) is 11.4 Å². The predicted octanol–water partition coefficient (Wildman–Crippen LogP) is 4.01. The summed E-state index contributed by atoms with van der Waals surface area (Å²) in [6, 6.07) is 10.7. The zero-order valence-corrected chi connectivity index (χ0v) is 14.1. The lowest BCUT2D eigenvalue weighted by Gasteiger charge is -2.21. The Morgan fingerprint density at radius 3 is 2.71 bits per heavy atom. The molecule has 1 aromatic carbocycles. The van der Waals surface area contributed by atoms with Gasteiger partial charge in [-0.3, -0.25) is 9.20 Å². The van der Waals surface area contributed by atoms with Crippen molar-refractivity contribution in [1.82, 2.24) is 9.38 Å². The van der Waals surface area contributed by atoms with E-state index in [1.165, 1.54) is 12.3 Å². The fourth-order valence-corrected chi connectivity index (χ4v) is 2.91. The van der Waals surface area contributed by atoms with E-state index in [4.69, 9.17) is 0 Å². The van der Waals surface area contributed by atoms with Gasteiger partial charge in [-0.1, -0.05) is 19.1 Å². The standard InChI is InChI=1S/C19H20FN3O/c1-4-16-18(23-12-14(20)9-10-17(23)21-16)19(24)22(5-2)15-8-6-7-13(3)11-15/h6-12H,4-5H2,1-3H3. The Morgan fingerprint density at radius 1 is 1.25 bits per heavy atom. The van der Waals surface area contributed by atoms with Gasteiger partial charge in [0.15, 0.2) is 0 Å². The number of carbonyl (C=O) groups is 1. The number of aryl methyl sites for hydroxylation is 2. The molecule has 24 heavy (non-hydrogen) atoms. The molecule has 0 aliphatic heterocycles. The van der Waals surface area contributed by atoms with Crippen LogP contribution in [-0.2, 0) is 6.42 Å². The highest BCUT2D eigenvalue weighted by atomic mass is 19.1. The Balaban J connectivity index is 2.14. The van der Waals surface area contributed by atoms with Crippen molar-refractivity contribution in [2.24, 2.45) is 0 Å². The van der Waals surface area contributed by atoms with E-state index < -0.39 is 5.82 Å². The van der Waals surface area contributed by atoms with Gasteiger partial charge in [-0.2, -0.15) is 0 Å². The molecular formula is C19H20FN3O. The summed E-state index contributed by atoms with van der Waals surface area (Å²) in [5.41, 5.74) is 3.60. The van der Waals surface area contributed by atoms with E-state index in [2.05, 4.69) is 4.98 Å². The number of pyridine rings is 1. The normalized spacial score (nSPS) is 11.0. The van der Waals surface area contributed by atoms with E-state index in [9.17, 15) is 9.18 Å². The van der Waals surface area contributed by atoms with Gasteiger partial charge >= 0.3 is 0 Å². The van der Waals surface area contributed by atoms with Crippen LogP contribution in [0.5, 0.6) is 0 Å². The molecule has 0 atom stereocenters. The van der Waals surface area contributed by atoms with Crippen LogP contribution in [0.3, 0.4) is 0 Å².